The maximum absolute atomic E-state index is 12.9. The van der Waals surface area contributed by atoms with Gasteiger partial charge in [0.25, 0.3) is 11.8 Å². The number of hydrogen-bond acceptors (Lipinski definition) is 5. The van der Waals surface area contributed by atoms with E-state index in [2.05, 4.69) is 10.6 Å². The summed E-state index contributed by atoms with van der Waals surface area (Å²) in [5, 5.41) is 5.88. The zero-order valence-corrected chi connectivity index (χ0v) is 17.8. The number of hydrogen-bond donors (Lipinski definition) is 2. The molecule has 0 spiro atoms. The standard InChI is InChI=1S/C23H22N2O4S/c1-4-29-23(28)18-15(3)19(21(27)24-17-12-8-9-14(2)13-17)30-22(18)25-20(26)16-10-6-5-7-11-16/h5-13H,4H2,1-3H3,(H,24,27)(H,25,26). The molecule has 0 aliphatic carbocycles. The first-order valence-electron chi connectivity index (χ1n) is 9.45. The maximum atomic E-state index is 12.9. The van der Waals surface area contributed by atoms with Crippen molar-refractivity contribution in [1.29, 1.82) is 0 Å². The van der Waals surface area contributed by atoms with Crippen LogP contribution in [0.3, 0.4) is 0 Å². The van der Waals surface area contributed by atoms with E-state index in [1.807, 2.05) is 31.2 Å². The van der Waals surface area contributed by atoms with Crippen molar-refractivity contribution in [3.63, 3.8) is 0 Å². The van der Waals surface area contributed by atoms with Gasteiger partial charge in [0, 0.05) is 11.3 Å². The topological polar surface area (TPSA) is 84.5 Å². The summed E-state index contributed by atoms with van der Waals surface area (Å²) in [6, 6.07) is 16.1. The summed E-state index contributed by atoms with van der Waals surface area (Å²) in [5.41, 5.74) is 2.77. The molecule has 6 nitrogen and oxygen atoms in total. The number of anilines is 2. The molecule has 0 aliphatic rings. The molecule has 0 radical (unpaired) electrons. The molecule has 0 unspecified atom stereocenters. The molecule has 2 amide bonds. The van der Waals surface area contributed by atoms with Crippen LogP contribution in [0.15, 0.2) is 54.6 Å². The highest BCUT2D eigenvalue weighted by molar-refractivity contribution is 7.19. The van der Waals surface area contributed by atoms with Crippen molar-refractivity contribution in [1.82, 2.24) is 0 Å². The van der Waals surface area contributed by atoms with Crippen LogP contribution >= 0.6 is 11.3 Å². The monoisotopic (exact) mass is 422 g/mol. The van der Waals surface area contributed by atoms with Crippen LogP contribution in [0.1, 0.15) is 48.4 Å². The van der Waals surface area contributed by atoms with Crippen molar-refractivity contribution in [3.8, 4) is 0 Å². The zero-order chi connectivity index (χ0) is 21.7. The quantitative estimate of drug-likeness (QED) is 0.545. The van der Waals surface area contributed by atoms with Crippen LogP contribution < -0.4 is 10.6 Å². The lowest BCUT2D eigenvalue weighted by molar-refractivity contribution is 0.0527. The molecule has 7 heteroatoms. The minimum atomic E-state index is -0.579. The van der Waals surface area contributed by atoms with Gasteiger partial charge in [0.1, 0.15) is 5.00 Å². The van der Waals surface area contributed by atoms with E-state index in [0.29, 0.717) is 21.7 Å². The SMILES string of the molecule is CCOC(=O)c1c(NC(=O)c2ccccc2)sc(C(=O)Nc2cccc(C)c2)c1C. The van der Waals surface area contributed by atoms with Crippen LogP contribution in [0.5, 0.6) is 0 Å². The molecule has 1 aromatic heterocycles. The van der Waals surface area contributed by atoms with E-state index in [-0.39, 0.29) is 29.0 Å². The number of nitrogens with one attached hydrogen (secondary N) is 2. The molecule has 0 fully saturated rings. The highest BCUT2D eigenvalue weighted by Gasteiger charge is 2.27. The van der Waals surface area contributed by atoms with Gasteiger partial charge < -0.3 is 15.4 Å². The molecule has 3 aromatic rings. The van der Waals surface area contributed by atoms with Crippen molar-refractivity contribution in [2.24, 2.45) is 0 Å². The molecule has 2 N–H and O–H groups in total. The van der Waals surface area contributed by atoms with E-state index in [4.69, 9.17) is 4.74 Å². The first kappa shape index (κ1) is 21.3. The molecular formula is C23H22N2O4S. The number of ether oxygens (including phenoxy) is 1. The number of benzene rings is 2. The van der Waals surface area contributed by atoms with Gasteiger partial charge in [-0.1, -0.05) is 30.3 Å². The summed E-state index contributed by atoms with van der Waals surface area (Å²) in [6.45, 7) is 5.49. The molecule has 2 aromatic carbocycles. The molecule has 1 heterocycles. The molecule has 30 heavy (non-hydrogen) atoms. The van der Waals surface area contributed by atoms with Crippen LogP contribution in [-0.2, 0) is 4.74 Å². The second-order valence-electron chi connectivity index (χ2n) is 6.62. The van der Waals surface area contributed by atoms with Crippen molar-refractivity contribution < 1.29 is 19.1 Å². The van der Waals surface area contributed by atoms with Gasteiger partial charge in [-0.3, -0.25) is 9.59 Å². The van der Waals surface area contributed by atoms with Gasteiger partial charge in [-0.15, -0.1) is 11.3 Å². The van der Waals surface area contributed by atoms with Crippen molar-refractivity contribution in [2.75, 3.05) is 17.2 Å². The fourth-order valence-electron chi connectivity index (χ4n) is 2.94. The molecule has 0 saturated heterocycles. The highest BCUT2D eigenvalue weighted by Crippen LogP contribution is 2.34. The molecule has 0 saturated carbocycles. The Morgan fingerprint density at radius 2 is 1.67 bits per heavy atom. The summed E-state index contributed by atoms with van der Waals surface area (Å²) in [6.07, 6.45) is 0. The first-order chi connectivity index (χ1) is 14.4. The van der Waals surface area contributed by atoms with Crippen LogP contribution in [-0.4, -0.2) is 24.4 Å². The Morgan fingerprint density at radius 1 is 0.933 bits per heavy atom. The Kier molecular flexibility index (Phi) is 6.64. The number of carbonyl (C=O) groups excluding carboxylic acids is 3. The second kappa shape index (κ2) is 9.37. The number of rotatable bonds is 6. The third kappa shape index (κ3) is 4.75. The molecule has 0 bridgehead atoms. The van der Waals surface area contributed by atoms with Gasteiger partial charge in [0.05, 0.1) is 17.0 Å². The lowest BCUT2D eigenvalue weighted by atomic mass is 10.1. The summed E-state index contributed by atoms with van der Waals surface area (Å²) >= 11 is 1.05. The van der Waals surface area contributed by atoms with Gasteiger partial charge in [0.2, 0.25) is 0 Å². The van der Waals surface area contributed by atoms with Crippen molar-refractivity contribution in [3.05, 3.63) is 81.7 Å². The van der Waals surface area contributed by atoms with Gasteiger partial charge in [-0.25, -0.2) is 4.79 Å². The minimum absolute atomic E-state index is 0.186. The van der Waals surface area contributed by atoms with Crippen molar-refractivity contribution in [2.45, 2.75) is 20.8 Å². The van der Waals surface area contributed by atoms with E-state index in [1.165, 1.54) is 0 Å². The zero-order valence-electron chi connectivity index (χ0n) is 16.9. The number of carbonyl (C=O) groups is 3. The molecule has 0 aliphatic heterocycles. The van der Waals surface area contributed by atoms with Crippen molar-refractivity contribution >= 4 is 39.8 Å². The summed E-state index contributed by atoms with van der Waals surface area (Å²) < 4.78 is 5.15. The lowest BCUT2D eigenvalue weighted by Gasteiger charge is -2.07. The number of amides is 2. The number of esters is 1. The largest absolute Gasteiger partial charge is 0.462 e. The third-order valence-corrected chi connectivity index (χ3v) is 5.58. The highest BCUT2D eigenvalue weighted by atomic mass is 32.1. The van der Waals surface area contributed by atoms with Crippen LogP contribution in [0.25, 0.3) is 0 Å². The summed E-state index contributed by atoms with van der Waals surface area (Å²) in [5.74, 6) is -1.30. The predicted molar refractivity (Wildman–Crippen MR) is 119 cm³/mol. The molecule has 3 rings (SSSR count). The molecular weight excluding hydrogens is 400 g/mol. The van der Waals surface area contributed by atoms with E-state index < -0.39 is 5.97 Å². The number of aryl methyl sites for hydroxylation is 1. The van der Waals surface area contributed by atoms with Crippen LogP contribution in [0.4, 0.5) is 10.7 Å². The Labute approximate surface area is 178 Å². The van der Waals surface area contributed by atoms with E-state index >= 15 is 0 Å². The van der Waals surface area contributed by atoms with Gasteiger partial charge in [0.15, 0.2) is 0 Å². The fourth-order valence-corrected chi connectivity index (χ4v) is 4.03. The smallest absolute Gasteiger partial charge is 0.341 e. The Balaban J connectivity index is 1.94. The van der Waals surface area contributed by atoms with Crippen LogP contribution in [0.2, 0.25) is 0 Å². The Bertz CT molecular complexity index is 1090. The number of thiophene rings is 1. The van der Waals surface area contributed by atoms with Gasteiger partial charge >= 0.3 is 5.97 Å². The van der Waals surface area contributed by atoms with Crippen LogP contribution in [0, 0.1) is 13.8 Å². The summed E-state index contributed by atoms with van der Waals surface area (Å²) in [4.78, 5) is 38.4. The van der Waals surface area contributed by atoms with Gasteiger partial charge in [-0.2, -0.15) is 0 Å². The van der Waals surface area contributed by atoms with E-state index in [9.17, 15) is 14.4 Å². The second-order valence-corrected chi connectivity index (χ2v) is 7.65. The maximum Gasteiger partial charge on any atom is 0.341 e. The third-order valence-electron chi connectivity index (χ3n) is 4.37. The normalized spacial score (nSPS) is 10.4. The predicted octanol–water partition coefficient (Wildman–Crippen LogP) is 5.05. The summed E-state index contributed by atoms with van der Waals surface area (Å²) in [7, 11) is 0. The Hall–Kier alpha value is -3.45. The van der Waals surface area contributed by atoms with E-state index in [1.54, 1.807) is 44.2 Å². The first-order valence-corrected chi connectivity index (χ1v) is 10.3. The average Bonchev–Trinajstić information content (AvgIpc) is 3.05. The molecule has 0 atom stereocenters. The lowest BCUT2D eigenvalue weighted by Crippen LogP contribution is -2.15. The minimum Gasteiger partial charge on any atom is -0.462 e. The Morgan fingerprint density at radius 3 is 2.33 bits per heavy atom. The average molecular weight is 423 g/mol. The van der Waals surface area contributed by atoms with Gasteiger partial charge in [-0.05, 0) is 56.2 Å². The molecule has 154 valence electrons. The fraction of sp³-hybridized carbons (Fsp3) is 0.174. The van der Waals surface area contributed by atoms with E-state index in [0.717, 1.165) is 16.9 Å².